The summed E-state index contributed by atoms with van der Waals surface area (Å²) in [5, 5.41) is 25.2. The van der Waals surface area contributed by atoms with Crippen LogP contribution in [0.3, 0.4) is 0 Å². The second kappa shape index (κ2) is 7.13. The molecule has 3 rings (SSSR count). The average molecular weight is 410 g/mol. The fraction of sp³-hybridized carbons (Fsp3) is 0.235. The molecule has 1 aliphatic rings. The van der Waals surface area contributed by atoms with E-state index in [1.165, 1.54) is 35.8 Å². The number of nitro groups is 1. The molecule has 1 aromatic carbocycles. The van der Waals surface area contributed by atoms with Crippen LogP contribution in [0, 0.1) is 16.0 Å². The number of halogens is 3. The van der Waals surface area contributed by atoms with Crippen molar-refractivity contribution >= 4 is 17.5 Å². The summed E-state index contributed by atoms with van der Waals surface area (Å²) in [6, 6.07) is 3.89. The topological polar surface area (TPSA) is 134 Å². The predicted molar refractivity (Wildman–Crippen MR) is 90.6 cm³/mol. The van der Waals surface area contributed by atoms with Crippen molar-refractivity contribution in [2.75, 3.05) is 0 Å². The number of rotatable bonds is 4. The molecule has 0 spiro atoms. The molecule has 12 heteroatoms. The van der Waals surface area contributed by atoms with Crippen LogP contribution in [-0.4, -0.2) is 38.7 Å². The highest BCUT2D eigenvalue weighted by molar-refractivity contribution is 6.00. The molecular formula is C17H13F3N4O5. The van der Waals surface area contributed by atoms with Crippen molar-refractivity contribution in [1.82, 2.24) is 15.6 Å². The number of carbonyl (C=O) groups excluding carboxylic acids is 2. The minimum absolute atomic E-state index is 0.276. The molecule has 0 radical (unpaired) electrons. The minimum Gasteiger partial charge on any atom is -0.363 e. The molecule has 0 unspecified atom stereocenters. The minimum atomic E-state index is -5.46. The molecule has 0 bridgehead atoms. The number of alkyl halides is 3. The van der Waals surface area contributed by atoms with Gasteiger partial charge in [-0.15, -0.1) is 0 Å². The number of nitro benzene ring substituents is 1. The van der Waals surface area contributed by atoms with Gasteiger partial charge in [-0.05, 0) is 12.1 Å². The maximum absolute atomic E-state index is 13.8. The van der Waals surface area contributed by atoms with Crippen molar-refractivity contribution in [3.05, 3.63) is 70.0 Å². The third-order valence-electron chi connectivity index (χ3n) is 4.50. The van der Waals surface area contributed by atoms with Crippen LogP contribution in [-0.2, 0) is 0 Å². The van der Waals surface area contributed by atoms with E-state index in [1.54, 1.807) is 0 Å². The summed E-state index contributed by atoms with van der Waals surface area (Å²) >= 11 is 0. The van der Waals surface area contributed by atoms with Gasteiger partial charge in [-0.25, -0.2) is 4.79 Å². The molecule has 2 heterocycles. The largest absolute Gasteiger partial charge is 0.437 e. The van der Waals surface area contributed by atoms with E-state index in [-0.39, 0.29) is 11.1 Å². The lowest BCUT2D eigenvalue weighted by Crippen LogP contribution is -2.72. The van der Waals surface area contributed by atoms with Crippen LogP contribution in [0.4, 0.5) is 23.7 Å². The number of carbonyl (C=O) groups is 2. The van der Waals surface area contributed by atoms with Crippen LogP contribution in [0.25, 0.3) is 0 Å². The van der Waals surface area contributed by atoms with Gasteiger partial charge in [0.2, 0.25) is 5.72 Å². The Morgan fingerprint density at radius 1 is 1.24 bits per heavy atom. The molecule has 3 N–H and O–H groups in total. The highest BCUT2D eigenvalue weighted by atomic mass is 19.4. The van der Waals surface area contributed by atoms with Gasteiger partial charge < -0.3 is 15.7 Å². The van der Waals surface area contributed by atoms with Crippen LogP contribution >= 0.6 is 0 Å². The third kappa shape index (κ3) is 3.49. The Bertz CT molecular complexity index is 969. The number of ketones is 1. The smallest absolute Gasteiger partial charge is 0.363 e. The molecule has 1 aromatic heterocycles. The van der Waals surface area contributed by atoms with Crippen LogP contribution in [0.2, 0.25) is 0 Å². The quantitative estimate of drug-likeness (QED) is 0.401. The first-order chi connectivity index (χ1) is 13.6. The zero-order chi connectivity index (χ0) is 21.4. The first-order valence-corrected chi connectivity index (χ1v) is 8.11. The Labute approximate surface area is 160 Å². The molecule has 1 aliphatic heterocycles. The molecule has 1 fully saturated rings. The molecule has 3 atom stereocenters. The lowest BCUT2D eigenvalue weighted by atomic mass is 9.77. The van der Waals surface area contributed by atoms with Crippen molar-refractivity contribution in [2.24, 2.45) is 5.92 Å². The Morgan fingerprint density at radius 3 is 2.52 bits per heavy atom. The normalized spacial score (nSPS) is 24.3. The summed E-state index contributed by atoms with van der Waals surface area (Å²) in [6.07, 6.45) is -3.19. The van der Waals surface area contributed by atoms with E-state index >= 15 is 0 Å². The number of amides is 2. The molecule has 0 aliphatic carbocycles. The van der Waals surface area contributed by atoms with Gasteiger partial charge in [0.05, 0.1) is 16.5 Å². The molecule has 2 amide bonds. The SMILES string of the molecule is O=C1N[C@@H](c2ccccc2[N+](=O)[O-])[C@H](C(=O)c2cccnc2)[C@@](O)(C(F)(F)F)N1. The third-order valence-corrected chi connectivity index (χ3v) is 4.50. The maximum Gasteiger partial charge on any atom is 0.437 e. The van der Waals surface area contributed by atoms with E-state index in [4.69, 9.17) is 0 Å². The van der Waals surface area contributed by atoms with E-state index in [2.05, 4.69) is 10.3 Å². The first-order valence-electron chi connectivity index (χ1n) is 8.11. The number of pyridine rings is 1. The van der Waals surface area contributed by atoms with Crippen LogP contribution < -0.4 is 10.6 Å². The lowest BCUT2D eigenvalue weighted by molar-refractivity contribution is -0.386. The average Bonchev–Trinajstić information content (AvgIpc) is 2.66. The molecule has 29 heavy (non-hydrogen) atoms. The number of hydrogen-bond acceptors (Lipinski definition) is 6. The Kier molecular flexibility index (Phi) is 4.96. The van der Waals surface area contributed by atoms with E-state index in [0.717, 1.165) is 18.3 Å². The van der Waals surface area contributed by atoms with Crippen molar-refractivity contribution in [3.8, 4) is 0 Å². The van der Waals surface area contributed by atoms with Gasteiger partial charge in [0, 0.05) is 24.0 Å². The molecule has 152 valence electrons. The number of Topliss-reactive ketones (excluding diaryl/α,β-unsaturated/α-hetero) is 1. The zero-order valence-corrected chi connectivity index (χ0v) is 14.4. The summed E-state index contributed by atoms with van der Waals surface area (Å²) < 4.78 is 41.3. The Balaban J connectivity index is 2.23. The van der Waals surface area contributed by atoms with E-state index in [1.807, 2.05) is 0 Å². The number of nitrogens with one attached hydrogen (secondary N) is 2. The first kappa shape index (κ1) is 20.2. The van der Waals surface area contributed by atoms with Gasteiger partial charge in [0.25, 0.3) is 5.69 Å². The molecule has 0 saturated carbocycles. The van der Waals surface area contributed by atoms with Gasteiger partial charge >= 0.3 is 12.2 Å². The van der Waals surface area contributed by atoms with Crippen molar-refractivity contribution in [3.63, 3.8) is 0 Å². The summed E-state index contributed by atoms with van der Waals surface area (Å²) in [5.74, 6) is -3.58. The maximum atomic E-state index is 13.8. The van der Waals surface area contributed by atoms with Crippen molar-refractivity contribution < 1.29 is 32.8 Å². The fourth-order valence-electron chi connectivity index (χ4n) is 3.20. The van der Waals surface area contributed by atoms with Gasteiger partial charge in [-0.3, -0.25) is 19.9 Å². The molecular weight excluding hydrogens is 397 g/mol. The summed E-state index contributed by atoms with van der Waals surface area (Å²) in [6.45, 7) is 0. The number of urea groups is 1. The summed E-state index contributed by atoms with van der Waals surface area (Å²) in [7, 11) is 0. The zero-order valence-electron chi connectivity index (χ0n) is 14.4. The van der Waals surface area contributed by atoms with E-state index in [9.17, 15) is 38.0 Å². The number of aromatic nitrogens is 1. The number of para-hydroxylation sites is 1. The lowest BCUT2D eigenvalue weighted by Gasteiger charge is -2.44. The van der Waals surface area contributed by atoms with Crippen LogP contribution in [0.1, 0.15) is 22.0 Å². The fourth-order valence-corrected chi connectivity index (χ4v) is 3.20. The second-order valence-corrected chi connectivity index (χ2v) is 6.24. The summed E-state index contributed by atoms with van der Waals surface area (Å²) in [4.78, 5) is 39.0. The number of hydrogen-bond donors (Lipinski definition) is 3. The Hall–Kier alpha value is -3.54. The van der Waals surface area contributed by atoms with Crippen LogP contribution in [0.5, 0.6) is 0 Å². The second-order valence-electron chi connectivity index (χ2n) is 6.24. The number of benzene rings is 1. The highest BCUT2D eigenvalue weighted by Crippen LogP contribution is 2.45. The van der Waals surface area contributed by atoms with E-state index < -0.39 is 46.3 Å². The monoisotopic (exact) mass is 410 g/mol. The Morgan fingerprint density at radius 2 is 1.93 bits per heavy atom. The summed E-state index contributed by atoms with van der Waals surface area (Å²) in [5.41, 5.74) is -5.23. The molecule has 2 aromatic rings. The van der Waals surface area contributed by atoms with Gasteiger partial charge in [-0.1, -0.05) is 18.2 Å². The highest BCUT2D eigenvalue weighted by Gasteiger charge is 2.66. The van der Waals surface area contributed by atoms with Crippen molar-refractivity contribution in [2.45, 2.75) is 17.9 Å². The number of aliphatic hydroxyl groups is 1. The molecule has 1 saturated heterocycles. The number of nitrogens with zero attached hydrogens (tertiary/aromatic N) is 2. The van der Waals surface area contributed by atoms with Gasteiger partial charge in [0.1, 0.15) is 5.92 Å². The van der Waals surface area contributed by atoms with E-state index in [0.29, 0.717) is 0 Å². The van der Waals surface area contributed by atoms with Crippen LogP contribution in [0.15, 0.2) is 48.8 Å². The van der Waals surface area contributed by atoms with Gasteiger partial charge in [-0.2, -0.15) is 13.2 Å². The predicted octanol–water partition coefficient (Wildman–Crippen LogP) is 2.09. The standard InChI is InChI=1S/C17H13F3N4O5/c18-17(19,20)16(27)12(14(25)9-4-3-7-21-8-9)13(22-15(26)23-16)10-5-1-2-6-11(10)24(28)29/h1-8,12-13,27H,(H2,22,23,26)/t12-,13+,16-/m1/s1. The van der Waals surface area contributed by atoms with Gasteiger partial charge in [0.15, 0.2) is 5.78 Å². The molecule has 9 nitrogen and oxygen atoms in total. The van der Waals surface area contributed by atoms with Crippen molar-refractivity contribution in [1.29, 1.82) is 0 Å².